The van der Waals surface area contributed by atoms with Crippen LogP contribution < -0.4 is 0 Å². The zero-order chi connectivity index (χ0) is 38.7. The van der Waals surface area contributed by atoms with Gasteiger partial charge in [0.25, 0.3) is 0 Å². The topological polar surface area (TPSA) is 78.9 Å². The van der Waals surface area contributed by atoms with Crippen molar-refractivity contribution in [1.82, 2.24) is 0 Å². The van der Waals surface area contributed by atoms with E-state index in [0.29, 0.717) is 19.3 Å². The van der Waals surface area contributed by atoms with E-state index in [1.807, 2.05) is 0 Å². The molecule has 0 rings (SSSR count). The van der Waals surface area contributed by atoms with Gasteiger partial charge >= 0.3 is 17.9 Å². The molecule has 0 amide bonds. The standard InChI is InChI=1S/C47H90O6/c1-4-7-10-13-15-17-19-21-23-25-27-29-31-34-36-39-45(48)51-42-44(53-47(50)41-38-33-12-9-6-3)43-52-46(49)40-37-35-32-30-28-26-24-22-20-18-16-14-11-8-5-2/h44H,4-43H2,1-3H3/i47+1. The van der Waals surface area contributed by atoms with E-state index in [-0.39, 0.29) is 31.1 Å². The Balaban J connectivity index is 4.10. The third kappa shape index (κ3) is 41.4. The molecule has 6 heteroatoms. The van der Waals surface area contributed by atoms with Crippen LogP contribution in [0.2, 0.25) is 0 Å². The number of unbranched alkanes of at least 4 members (excludes halogenated alkanes) is 32. The lowest BCUT2D eigenvalue weighted by molar-refractivity contribution is -0.167. The predicted octanol–water partition coefficient (Wildman–Crippen LogP) is 14.9. The number of esters is 3. The Hall–Kier alpha value is -1.59. The fraction of sp³-hybridized carbons (Fsp3) is 0.936. The molecule has 0 heterocycles. The molecule has 0 aromatic heterocycles. The fourth-order valence-electron chi connectivity index (χ4n) is 7.03. The number of carbonyl (C=O) groups excluding carboxylic acids is 3. The molecule has 6 nitrogen and oxygen atoms in total. The van der Waals surface area contributed by atoms with E-state index in [9.17, 15) is 14.4 Å². The van der Waals surface area contributed by atoms with Crippen molar-refractivity contribution in [3.05, 3.63) is 0 Å². The molecule has 0 unspecified atom stereocenters. The average molecular weight is 752 g/mol. The fourth-order valence-corrected chi connectivity index (χ4v) is 7.03. The lowest BCUT2D eigenvalue weighted by Gasteiger charge is -2.18. The third-order valence-electron chi connectivity index (χ3n) is 10.6. The van der Waals surface area contributed by atoms with Gasteiger partial charge in [-0.3, -0.25) is 14.4 Å². The van der Waals surface area contributed by atoms with Crippen LogP contribution in [0.15, 0.2) is 0 Å². The summed E-state index contributed by atoms with van der Waals surface area (Å²) in [5.74, 6) is -0.864. The summed E-state index contributed by atoms with van der Waals surface area (Å²) in [4.78, 5) is 37.5. The predicted molar refractivity (Wildman–Crippen MR) is 224 cm³/mol. The molecule has 0 aliphatic carbocycles. The van der Waals surface area contributed by atoms with Gasteiger partial charge in [-0.1, -0.05) is 226 Å². The van der Waals surface area contributed by atoms with Crippen molar-refractivity contribution >= 4 is 17.9 Å². The summed E-state index contributed by atoms with van der Waals surface area (Å²) >= 11 is 0. The number of rotatable bonds is 43. The summed E-state index contributed by atoms with van der Waals surface area (Å²) in [5.41, 5.74) is 0. The van der Waals surface area contributed by atoms with E-state index in [0.717, 1.165) is 64.2 Å². The summed E-state index contributed by atoms with van der Waals surface area (Å²) in [6.07, 6.45) is 44.0. The molecule has 314 valence electrons. The monoisotopic (exact) mass is 752 g/mol. The van der Waals surface area contributed by atoms with Crippen molar-refractivity contribution in [1.29, 1.82) is 0 Å². The van der Waals surface area contributed by atoms with Gasteiger partial charge in [0.15, 0.2) is 6.10 Å². The lowest BCUT2D eigenvalue weighted by atomic mass is 10.0. The summed E-state index contributed by atoms with van der Waals surface area (Å²) in [7, 11) is 0. The molecule has 0 fully saturated rings. The van der Waals surface area contributed by atoms with E-state index >= 15 is 0 Å². The first-order valence-electron chi connectivity index (χ1n) is 23.5. The molecule has 0 aliphatic heterocycles. The molecule has 0 spiro atoms. The van der Waals surface area contributed by atoms with Crippen LogP contribution >= 0.6 is 0 Å². The third-order valence-corrected chi connectivity index (χ3v) is 10.6. The SMILES string of the molecule is CCCCCCCCCCCCCCCCCC(=O)OCC(COC(=O)CCCCCCCCCCCCCCCCC)O[13C](=O)CCCCCCC. The van der Waals surface area contributed by atoms with Gasteiger partial charge in [0.05, 0.1) is 0 Å². The van der Waals surface area contributed by atoms with Crippen molar-refractivity contribution in [3.63, 3.8) is 0 Å². The maximum atomic E-state index is 12.5. The molecular formula is C47H90O6. The smallest absolute Gasteiger partial charge is 0.306 e. The van der Waals surface area contributed by atoms with E-state index in [4.69, 9.17) is 14.2 Å². The van der Waals surface area contributed by atoms with Gasteiger partial charge in [0.2, 0.25) is 0 Å². The van der Waals surface area contributed by atoms with Crippen LogP contribution in [0.4, 0.5) is 0 Å². The minimum Gasteiger partial charge on any atom is -0.462 e. The maximum Gasteiger partial charge on any atom is 0.306 e. The molecule has 0 N–H and O–H groups in total. The quantitative estimate of drug-likeness (QED) is 0.0267. The molecule has 0 bridgehead atoms. The van der Waals surface area contributed by atoms with Crippen LogP contribution in [0.3, 0.4) is 0 Å². The normalized spacial score (nSPS) is 11.3. The Kier molecular flexibility index (Phi) is 41.8. The number of ether oxygens (including phenoxy) is 3. The molecule has 0 saturated carbocycles. The molecule has 0 saturated heterocycles. The van der Waals surface area contributed by atoms with Gasteiger partial charge < -0.3 is 14.2 Å². The zero-order valence-corrected chi connectivity index (χ0v) is 35.8. The summed E-state index contributed by atoms with van der Waals surface area (Å²) in [5, 5.41) is 0. The minimum atomic E-state index is -0.756. The molecule has 0 radical (unpaired) electrons. The molecule has 0 aromatic rings. The van der Waals surface area contributed by atoms with Crippen molar-refractivity contribution in [2.45, 2.75) is 271 Å². The van der Waals surface area contributed by atoms with Crippen LogP contribution in [-0.4, -0.2) is 37.2 Å². The second-order valence-electron chi connectivity index (χ2n) is 16.0. The summed E-state index contributed by atoms with van der Waals surface area (Å²) in [6, 6.07) is 0. The van der Waals surface area contributed by atoms with Gasteiger partial charge in [0.1, 0.15) is 13.2 Å². The Morgan fingerprint density at radius 1 is 0.302 bits per heavy atom. The second kappa shape index (κ2) is 43.1. The van der Waals surface area contributed by atoms with Crippen LogP contribution in [0.25, 0.3) is 0 Å². The maximum absolute atomic E-state index is 12.5. The minimum absolute atomic E-state index is 0.0641. The first-order valence-corrected chi connectivity index (χ1v) is 23.5. The van der Waals surface area contributed by atoms with Crippen LogP contribution in [0.1, 0.15) is 265 Å². The Bertz CT molecular complexity index is 733. The van der Waals surface area contributed by atoms with E-state index in [2.05, 4.69) is 20.8 Å². The molecule has 53 heavy (non-hydrogen) atoms. The van der Waals surface area contributed by atoms with E-state index in [1.54, 1.807) is 0 Å². The van der Waals surface area contributed by atoms with Crippen molar-refractivity contribution in [2.24, 2.45) is 0 Å². The first-order chi connectivity index (χ1) is 26.0. The Morgan fingerprint density at radius 2 is 0.509 bits per heavy atom. The number of hydrogen-bond donors (Lipinski definition) is 0. The van der Waals surface area contributed by atoms with Gasteiger partial charge in [0, 0.05) is 19.3 Å². The van der Waals surface area contributed by atoms with Crippen LogP contribution in [-0.2, 0) is 28.6 Å². The molecule has 0 aliphatic rings. The highest BCUT2D eigenvalue weighted by Gasteiger charge is 2.19. The largest absolute Gasteiger partial charge is 0.462 e. The Morgan fingerprint density at radius 3 is 0.755 bits per heavy atom. The zero-order valence-electron chi connectivity index (χ0n) is 35.8. The van der Waals surface area contributed by atoms with Gasteiger partial charge in [-0.2, -0.15) is 0 Å². The Labute approximate surface area is 329 Å². The van der Waals surface area contributed by atoms with Crippen molar-refractivity contribution < 1.29 is 28.6 Å². The molecular weight excluding hydrogens is 662 g/mol. The highest BCUT2D eigenvalue weighted by molar-refractivity contribution is 5.71. The van der Waals surface area contributed by atoms with Crippen molar-refractivity contribution in [3.8, 4) is 0 Å². The van der Waals surface area contributed by atoms with Gasteiger partial charge in [-0.25, -0.2) is 0 Å². The molecule has 0 atom stereocenters. The van der Waals surface area contributed by atoms with Gasteiger partial charge in [-0.15, -0.1) is 0 Å². The highest BCUT2D eigenvalue weighted by Crippen LogP contribution is 2.16. The summed E-state index contributed by atoms with van der Waals surface area (Å²) in [6.45, 7) is 6.58. The van der Waals surface area contributed by atoms with Crippen molar-refractivity contribution in [2.75, 3.05) is 13.2 Å². The lowest BCUT2D eigenvalue weighted by Crippen LogP contribution is -2.30. The average Bonchev–Trinajstić information content (AvgIpc) is 3.15. The highest BCUT2D eigenvalue weighted by atomic mass is 16.7. The number of hydrogen-bond acceptors (Lipinski definition) is 6. The second-order valence-corrected chi connectivity index (χ2v) is 16.0. The van der Waals surface area contributed by atoms with Crippen LogP contribution in [0, 0.1) is 0 Å². The van der Waals surface area contributed by atoms with Crippen LogP contribution in [0.5, 0.6) is 0 Å². The molecule has 0 aromatic carbocycles. The van der Waals surface area contributed by atoms with E-state index in [1.165, 1.54) is 161 Å². The summed E-state index contributed by atoms with van der Waals surface area (Å²) < 4.78 is 16.6. The van der Waals surface area contributed by atoms with E-state index < -0.39 is 6.10 Å². The van der Waals surface area contributed by atoms with Gasteiger partial charge in [-0.05, 0) is 19.3 Å². The first kappa shape index (κ1) is 51.4. The number of carbonyl (C=O) groups is 3.